The van der Waals surface area contributed by atoms with Crippen molar-refractivity contribution in [3.05, 3.63) is 40.3 Å². The van der Waals surface area contributed by atoms with Crippen LogP contribution in [0.15, 0.2) is 18.2 Å². The van der Waals surface area contributed by atoms with Crippen LogP contribution in [0, 0.1) is 5.82 Å². The van der Waals surface area contributed by atoms with Gasteiger partial charge in [0.2, 0.25) is 0 Å². The SMILES string of the molecule is COCc1cc(Cl)cc(-c2cc(C(=O)O)[nH]n2)c1F. The fourth-order valence-corrected chi connectivity index (χ4v) is 1.90. The van der Waals surface area contributed by atoms with Gasteiger partial charge in [-0.05, 0) is 18.2 Å². The normalized spacial score (nSPS) is 10.7. The first-order chi connectivity index (χ1) is 9.02. The summed E-state index contributed by atoms with van der Waals surface area (Å²) in [6, 6.07) is 4.08. The minimum atomic E-state index is -1.17. The van der Waals surface area contributed by atoms with Crippen molar-refractivity contribution in [1.82, 2.24) is 10.2 Å². The zero-order chi connectivity index (χ0) is 14.0. The monoisotopic (exact) mass is 284 g/mol. The molecule has 2 rings (SSSR count). The summed E-state index contributed by atoms with van der Waals surface area (Å²) < 4.78 is 19.1. The maximum absolute atomic E-state index is 14.2. The number of carboxylic acids is 1. The molecule has 1 aromatic carbocycles. The molecule has 1 aromatic heterocycles. The van der Waals surface area contributed by atoms with Crippen molar-refractivity contribution < 1.29 is 19.0 Å². The van der Waals surface area contributed by atoms with Gasteiger partial charge in [-0.2, -0.15) is 5.10 Å². The number of methoxy groups -OCH3 is 1. The first-order valence-corrected chi connectivity index (χ1v) is 5.66. The summed E-state index contributed by atoms with van der Waals surface area (Å²) in [5.41, 5.74) is 0.464. The maximum atomic E-state index is 14.2. The topological polar surface area (TPSA) is 75.2 Å². The summed E-state index contributed by atoms with van der Waals surface area (Å²) in [5.74, 6) is -1.70. The van der Waals surface area contributed by atoms with E-state index in [0.29, 0.717) is 5.02 Å². The van der Waals surface area contributed by atoms with Gasteiger partial charge in [-0.15, -0.1) is 0 Å². The highest BCUT2D eigenvalue weighted by atomic mass is 35.5. The lowest BCUT2D eigenvalue weighted by Gasteiger charge is -2.07. The van der Waals surface area contributed by atoms with E-state index in [1.54, 1.807) is 0 Å². The van der Waals surface area contributed by atoms with Crippen LogP contribution in [0.1, 0.15) is 16.1 Å². The molecule has 0 radical (unpaired) electrons. The van der Waals surface area contributed by atoms with Gasteiger partial charge >= 0.3 is 5.97 Å². The van der Waals surface area contributed by atoms with Crippen molar-refractivity contribution in [2.45, 2.75) is 6.61 Å². The molecule has 0 unspecified atom stereocenters. The molecule has 0 aliphatic carbocycles. The van der Waals surface area contributed by atoms with Crippen LogP contribution in [0.5, 0.6) is 0 Å². The van der Waals surface area contributed by atoms with Crippen molar-refractivity contribution in [2.24, 2.45) is 0 Å². The van der Waals surface area contributed by atoms with E-state index >= 15 is 0 Å². The molecule has 0 aliphatic rings. The quantitative estimate of drug-likeness (QED) is 0.905. The van der Waals surface area contributed by atoms with E-state index < -0.39 is 11.8 Å². The molecule has 1 heterocycles. The van der Waals surface area contributed by atoms with E-state index in [1.807, 2.05) is 0 Å². The van der Waals surface area contributed by atoms with Gasteiger partial charge < -0.3 is 9.84 Å². The second-order valence-corrected chi connectivity index (χ2v) is 4.27. The van der Waals surface area contributed by atoms with Crippen LogP contribution in [0.4, 0.5) is 4.39 Å². The maximum Gasteiger partial charge on any atom is 0.353 e. The molecule has 0 spiro atoms. The number of benzene rings is 1. The molecule has 19 heavy (non-hydrogen) atoms. The number of nitrogens with one attached hydrogen (secondary N) is 1. The van der Waals surface area contributed by atoms with Gasteiger partial charge in [-0.3, -0.25) is 5.10 Å². The van der Waals surface area contributed by atoms with Gasteiger partial charge in [-0.25, -0.2) is 9.18 Å². The summed E-state index contributed by atoms with van der Waals surface area (Å²) in [5, 5.41) is 15.2. The molecular weight excluding hydrogens is 275 g/mol. The Morgan fingerprint density at radius 1 is 1.53 bits per heavy atom. The van der Waals surface area contributed by atoms with Crippen molar-refractivity contribution in [3.63, 3.8) is 0 Å². The fraction of sp³-hybridized carbons (Fsp3) is 0.167. The Labute approximate surface area is 113 Å². The number of carboxylic acid groups (broad SMARTS) is 1. The van der Waals surface area contributed by atoms with Crippen molar-refractivity contribution in [2.75, 3.05) is 7.11 Å². The Morgan fingerprint density at radius 2 is 2.26 bits per heavy atom. The molecule has 7 heteroatoms. The van der Waals surface area contributed by atoms with E-state index in [4.69, 9.17) is 21.4 Å². The molecule has 0 atom stereocenters. The summed E-state index contributed by atoms with van der Waals surface area (Å²) in [6.45, 7) is 0.0651. The summed E-state index contributed by atoms with van der Waals surface area (Å²) in [4.78, 5) is 10.8. The number of aromatic nitrogens is 2. The Balaban J connectivity index is 2.51. The molecule has 100 valence electrons. The van der Waals surface area contributed by atoms with Gasteiger partial charge in [0.15, 0.2) is 0 Å². The van der Waals surface area contributed by atoms with E-state index in [1.165, 1.54) is 25.3 Å². The van der Waals surface area contributed by atoms with Crippen LogP contribution in [0.25, 0.3) is 11.3 Å². The summed E-state index contributed by atoms with van der Waals surface area (Å²) in [7, 11) is 1.44. The third-order valence-electron chi connectivity index (χ3n) is 2.50. The summed E-state index contributed by atoms with van der Waals surface area (Å²) >= 11 is 5.90. The van der Waals surface area contributed by atoms with Crippen LogP contribution in [-0.4, -0.2) is 28.4 Å². The molecule has 2 N–H and O–H groups in total. The van der Waals surface area contributed by atoms with Gasteiger partial charge in [0.1, 0.15) is 11.5 Å². The zero-order valence-electron chi connectivity index (χ0n) is 9.91. The van der Waals surface area contributed by atoms with Gasteiger partial charge in [0.25, 0.3) is 0 Å². The van der Waals surface area contributed by atoms with Crippen molar-refractivity contribution in [3.8, 4) is 11.3 Å². The minimum Gasteiger partial charge on any atom is -0.477 e. The van der Waals surface area contributed by atoms with Crippen LogP contribution in [0.2, 0.25) is 5.02 Å². The number of H-pyrrole nitrogens is 1. The van der Waals surface area contributed by atoms with E-state index in [0.717, 1.165) is 0 Å². The lowest BCUT2D eigenvalue weighted by atomic mass is 10.1. The van der Waals surface area contributed by atoms with Gasteiger partial charge in [-0.1, -0.05) is 11.6 Å². The summed E-state index contributed by atoms with van der Waals surface area (Å²) in [6.07, 6.45) is 0. The number of carbonyl (C=O) groups is 1. The molecule has 5 nitrogen and oxygen atoms in total. The molecular formula is C12H10ClFN2O3. The predicted octanol–water partition coefficient (Wildman–Crippen LogP) is 2.71. The van der Waals surface area contributed by atoms with Gasteiger partial charge in [0.05, 0.1) is 12.3 Å². The molecule has 0 saturated heterocycles. The van der Waals surface area contributed by atoms with E-state index in [2.05, 4.69) is 10.2 Å². The van der Waals surface area contributed by atoms with E-state index in [-0.39, 0.29) is 29.1 Å². The van der Waals surface area contributed by atoms with Crippen molar-refractivity contribution in [1.29, 1.82) is 0 Å². The molecule has 0 saturated carbocycles. The number of aromatic amines is 1. The number of ether oxygens (including phenoxy) is 1. The van der Waals surface area contributed by atoms with Crippen LogP contribution in [0.3, 0.4) is 0 Å². The Kier molecular flexibility index (Phi) is 3.82. The number of nitrogens with zero attached hydrogens (tertiary/aromatic N) is 1. The van der Waals surface area contributed by atoms with Crippen molar-refractivity contribution >= 4 is 17.6 Å². The zero-order valence-corrected chi connectivity index (χ0v) is 10.7. The highest BCUT2D eigenvalue weighted by molar-refractivity contribution is 6.31. The van der Waals surface area contributed by atoms with Crippen LogP contribution >= 0.6 is 11.6 Å². The number of hydrogen-bond acceptors (Lipinski definition) is 3. The molecule has 2 aromatic rings. The second kappa shape index (κ2) is 5.38. The lowest BCUT2D eigenvalue weighted by molar-refractivity contribution is 0.0690. The molecule has 0 aliphatic heterocycles. The second-order valence-electron chi connectivity index (χ2n) is 3.83. The molecule has 0 fully saturated rings. The predicted molar refractivity (Wildman–Crippen MR) is 66.7 cm³/mol. The first kappa shape index (κ1) is 13.5. The van der Waals surface area contributed by atoms with Crippen LogP contribution < -0.4 is 0 Å². The highest BCUT2D eigenvalue weighted by Gasteiger charge is 2.16. The lowest BCUT2D eigenvalue weighted by Crippen LogP contribution is -1.96. The third-order valence-corrected chi connectivity index (χ3v) is 2.72. The largest absolute Gasteiger partial charge is 0.477 e. The Hall–Kier alpha value is -1.92. The minimum absolute atomic E-state index is 0.0651. The number of hydrogen-bond donors (Lipinski definition) is 2. The van der Waals surface area contributed by atoms with Crippen LogP contribution in [-0.2, 0) is 11.3 Å². The first-order valence-electron chi connectivity index (χ1n) is 5.29. The van der Waals surface area contributed by atoms with Gasteiger partial charge in [0, 0.05) is 23.3 Å². The highest BCUT2D eigenvalue weighted by Crippen LogP contribution is 2.28. The Morgan fingerprint density at radius 3 is 2.84 bits per heavy atom. The number of rotatable bonds is 4. The molecule has 0 amide bonds. The standard InChI is InChI=1S/C12H10ClFN2O3/c1-19-5-6-2-7(13)3-8(11(6)14)9-4-10(12(17)18)16-15-9/h2-4H,5H2,1H3,(H,15,16)(H,17,18). The Bertz CT molecular complexity index is 627. The molecule has 0 bridgehead atoms. The third kappa shape index (κ3) is 2.74. The number of halogens is 2. The average Bonchev–Trinajstić information content (AvgIpc) is 2.83. The fourth-order valence-electron chi connectivity index (χ4n) is 1.66. The van der Waals surface area contributed by atoms with E-state index in [9.17, 15) is 9.18 Å². The number of aromatic carboxylic acids is 1. The smallest absolute Gasteiger partial charge is 0.353 e. The average molecular weight is 285 g/mol.